The number of anilines is 2. The van der Waals surface area contributed by atoms with Crippen LogP contribution in [0, 0.1) is 17.5 Å². The normalized spacial score (nSPS) is 10.4. The van der Waals surface area contributed by atoms with E-state index in [0.29, 0.717) is 0 Å². The molecular formula is C16H12ClF3N2O2. The number of halogens is 4. The molecule has 4 nitrogen and oxygen atoms in total. The topological polar surface area (TPSA) is 49.4 Å². The minimum atomic E-state index is -1.13. The number of hydrogen-bond acceptors (Lipinski definition) is 2. The Morgan fingerprint density at radius 2 is 1.71 bits per heavy atom. The van der Waals surface area contributed by atoms with Crippen LogP contribution in [0.4, 0.5) is 24.5 Å². The maximum atomic E-state index is 13.3. The van der Waals surface area contributed by atoms with Gasteiger partial charge >= 0.3 is 0 Å². The highest BCUT2D eigenvalue weighted by atomic mass is 35.5. The average Bonchev–Trinajstić information content (AvgIpc) is 2.51. The number of carbonyl (C=O) groups excluding carboxylic acids is 2. The van der Waals surface area contributed by atoms with Gasteiger partial charge in [0, 0.05) is 24.4 Å². The Kier molecular flexibility index (Phi) is 5.46. The van der Waals surface area contributed by atoms with Crippen molar-refractivity contribution < 1.29 is 22.8 Å². The SMILES string of the molecule is CC(=O)N(CC(=O)Nc1ccc(F)c(Cl)c1)c1ccc(F)c(F)c1. The van der Waals surface area contributed by atoms with Crippen molar-refractivity contribution in [2.75, 3.05) is 16.8 Å². The molecule has 0 saturated heterocycles. The van der Waals surface area contributed by atoms with E-state index in [0.717, 1.165) is 23.1 Å². The van der Waals surface area contributed by atoms with Crippen LogP contribution in [0.1, 0.15) is 6.92 Å². The summed E-state index contributed by atoms with van der Waals surface area (Å²) in [5.74, 6) is -3.98. The Labute approximate surface area is 140 Å². The predicted molar refractivity (Wildman–Crippen MR) is 84.4 cm³/mol. The fourth-order valence-electron chi connectivity index (χ4n) is 1.96. The smallest absolute Gasteiger partial charge is 0.244 e. The molecule has 0 aromatic heterocycles. The Morgan fingerprint density at radius 3 is 2.29 bits per heavy atom. The van der Waals surface area contributed by atoms with E-state index in [1.54, 1.807) is 0 Å². The van der Waals surface area contributed by atoms with Crippen molar-refractivity contribution in [2.24, 2.45) is 0 Å². The molecule has 0 unspecified atom stereocenters. The van der Waals surface area contributed by atoms with E-state index in [1.165, 1.54) is 25.1 Å². The number of rotatable bonds is 4. The quantitative estimate of drug-likeness (QED) is 0.907. The zero-order valence-corrected chi connectivity index (χ0v) is 13.2. The minimum Gasteiger partial charge on any atom is -0.324 e. The van der Waals surface area contributed by atoms with Gasteiger partial charge in [0.2, 0.25) is 11.8 Å². The molecule has 2 aromatic carbocycles. The second kappa shape index (κ2) is 7.35. The number of amides is 2. The molecule has 0 radical (unpaired) electrons. The summed E-state index contributed by atoms with van der Waals surface area (Å²) in [6, 6.07) is 6.45. The molecule has 126 valence electrons. The van der Waals surface area contributed by atoms with E-state index in [2.05, 4.69) is 5.32 Å². The lowest BCUT2D eigenvalue weighted by Gasteiger charge is -2.21. The van der Waals surface area contributed by atoms with Crippen LogP contribution >= 0.6 is 11.6 Å². The number of nitrogens with one attached hydrogen (secondary N) is 1. The molecule has 2 aromatic rings. The Morgan fingerprint density at radius 1 is 1.04 bits per heavy atom. The van der Waals surface area contributed by atoms with Crippen molar-refractivity contribution in [3.63, 3.8) is 0 Å². The summed E-state index contributed by atoms with van der Waals surface area (Å²) >= 11 is 5.61. The predicted octanol–water partition coefficient (Wildman–Crippen LogP) is 3.75. The molecule has 24 heavy (non-hydrogen) atoms. The third kappa shape index (κ3) is 4.26. The van der Waals surface area contributed by atoms with Crippen LogP contribution in [0.5, 0.6) is 0 Å². The maximum absolute atomic E-state index is 13.3. The summed E-state index contributed by atoms with van der Waals surface area (Å²) in [6.45, 7) is 0.749. The van der Waals surface area contributed by atoms with Crippen molar-refractivity contribution in [2.45, 2.75) is 6.92 Å². The molecule has 0 aliphatic carbocycles. The first kappa shape index (κ1) is 17.8. The summed E-state index contributed by atoms with van der Waals surface area (Å²) in [6.07, 6.45) is 0. The first-order valence-electron chi connectivity index (χ1n) is 6.76. The zero-order chi connectivity index (χ0) is 17.9. The molecule has 0 spiro atoms. The fraction of sp³-hybridized carbons (Fsp3) is 0.125. The fourth-order valence-corrected chi connectivity index (χ4v) is 2.14. The third-order valence-corrected chi connectivity index (χ3v) is 3.39. The van der Waals surface area contributed by atoms with E-state index < -0.39 is 35.8 Å². The van der Waals surface area contributed by atoms with E-state index in [-0.39, 0.29) is 16.4 Å². The van der Waals surface area contributed by atoms with Gasteiger partial charge < -0.3 is 10.2 Å². The van der Waals surface area contributed by atoms with Gasteiger partial charge in [-0.1, -0.05) is 11.6 Å². The number of nitrogens with zero attached hydrogens (tertiary/aromatic N) is 1. The van der Waals surface area contributed by atoms with E-state index in [1.807, 2.05) is 0 Å². The molecular weight excluding hydrogens is 345 g/mol. The van der Waals surface area contributed by atoms with Crippen molar-refractivity contribution in [3.8, 4) is 0 Å². The largest absolute Gasteiger partial charge is 0.324 e. The summed E-state index contributed by atoms with van der Waals surface area (Å²) in [7, 11) is 0. The first-order valence-corrected chi connectivity index (χ1v) is 7.14. The van der Waals surface area contributed by atoms with E-state index in [4.69, 9.17) is 11.6 Å². The van der Waals surface area contributed by atoms with Gasteiger partial charge in [-0.2, -0.15) is 0 Å². The summed E-state index contributed by atoms with van der Waals surface area (Å²) < 4.78 is 39.4. The average molecular weight is 357 g/mol. The van der Waals surface area contributed by atoms with Crippen molar-refractivity contribution in [1.82, 2.24) is 0 Å². The van der Waals surface area contributed by atoms with Gasteiger partial charge in [-0.25, -0.2) is 13.2 Å². The van der Waals surface area contributed by atoms with Crippen LogP contribution in [0.2, 0.25) is 5.02 Å². The second-order valence-corrected chi connectivity index (χ2v) is 5.29. The van der Waals surface area contributed by atoms with Gasteiger partial charge in [-0.15, -0.1) is 0 Å². The van der Waals surface area contributed by atoms with Crippen LogP contribution in [0.25, 0.3) is 0 Å². The lowest BCUT2D eigenvalue weighted by Crippen LogP contribution is -2.36. The molecule has 0 heterocycles. The molecule has 0 aliphatic heterocycles. The van der Waals surface area contributed by atoms with Gasteiger partial charge in [-0.3, -0.25) is 9.59 Å². The molecule has 2 rings (SSSR count). The van der Waals surface area contributed by atoms with E-state index >= 15 is 0 Å². The zero-order valence-electron chi connectivity index (χ0n) is 12.4. The maximum Gasteiger partial charge on any atom is 0.244 e. The second-order valence-electron chi connectivity index (χ2n) is 4.88. The summed E-state index contributed by atoms with van der Waals surface area (Å²) in [5, 5.41) is 2.27. The van der Waals surface area contributed by atoms with Crippen LogP contribution < -0.4 is 10.2 Å². The standard InChI is InChI=1S/C16H12ClF3N2O2/c1-9(23)22(11-3-5-14(19)15(20)7-11)8-16(24)21-10-2-4-13(18)12(17)6-10/h2-7H,8H2,1H3,(H,21,24). The summed E-state index contributed by atoms with van der Waals surface area (Å²) in [4.78, 5) is 24.7. The van der Waals surface area contributed by atoms with E-state index in [9.17, 15) is 22.8 Å². The van der Waals surface area contributed by atoms with Gasteiger partial charge in [0.15, 0.2) is 11.6 Å². The lowest BCUT2D eigenvalue weighted by molar-refractivity contribution is -0.120. The molecule has 0 atom stereocenters. The monoisotopic (exact) mass is 356 g/mol. The minimum absolute atomic E-state index is 0.0358. The van der Waals surface area contributed by atoms with Gasteiger partial charge in [0.1, 0.15) is 12.4 Å². The lowest BCUT2D eigenvalue weighted by atomic mass is 10.2. The van der Waals surface area contributed by atoms with Crippen molar-refractivity contribution >= 4 is 34.8 Å². The highest BCUT2D eigenvalue weighted by Gasteiger charge is 2.18. The Bertz CT molecular complexity index is 799. The summed E-state index contributed by atoms with van der Waals surface area (Å²) in [5.41, 5.74) is 0.272. The van der Waals surface area contributed by atoms with Crippen molar-refractivity contribution in [1.29, 1.82) is 0 Å². The molecule has 2 amide bonds. The Hall–Kier alpha value is -2.54. The highest BCUT2D eigenvalue weighted by Crippen LogP contribution is 2.21. The molecule has 0 aliphatic rings. The van der Waals surface area contributed by atoms with Gasteiger partial charge in [0.25, 0.3) is 0 Å². The molecule has 0 fully saturated rings. The molecule has 0 saturated carbocycles. The number of carbonyl (C=O) groups is 2. The van der Waals surface area contributed by atoms with Crippen LogP contribution in [-0.4, -0.2) is 18.4 Å². The van der Waals surface area contributed by atoms with Crippen LogP contribution in [0.3, 0.4) is 0 Å². The molecule has 1 N–H and O–H groups in total. The number of benzene rings is 2. The molecule has 8 heteroatoms. The highest BCUT2D eigenvalue weighted by molar-refractivity contribution is 6.31. The number of hydrogen-bond donors (Lipinski definition) is 1. The van der Waals surface area contributed by atoms with Crippen LogP contribution in [-0.2, 0) is 9.59 Å². The van der Waals surface area contributed by atoms with Crippen LogP contribution in [0.15, 0.2) is 36.4 Å². The van der Waals surface area contributed by atoms with Crippen molar-refractivity contribution in [3.05, 3.63) is 58.9 Å². The third-order valence-electron chi connectivity index (χ3n) is 3.10. The molecule has 0 bridgehead atoms. The van der Waals surface area contributed by atoms with Gasteiger partial charge in [-0.05, 0) is 30.3 Å². The first-order chi connectivity index (χ1) is 11.3. The van der Waals surface area contributed by atoms with Gasteiger partial charge in [0.05, 0.1) is 5.02 Å². The Balaban J connectivity index is 2.15.